The van der Waals surface area contributed by atoms with E-state index >= 15 is 0 Å². The molecule has 0 radical (unpaired) electrons. The molecule has 0 saturated heterocycles. The summed E-state index contributed by atoms with van der Waals surface area (Å²) in [5, 5.41) is 13.1. The minimum absolute atomic E-state index is 0.0798. The Kier molecular flexibility index (Phi) is 7.98. The second kappa shape index (κ2) is 11.3. The zero-order valence-corrected chi connectivity index (χ0v) is 18.1. The summed E-state index contributed by atoms with van der Waals surface area (Å²) in [6, 6.07) is 24.4. The van der Waals surface area contributed by atoms with Crippen molar-refractivity contribution in [1.82, 2.24) is 16.2 Å². The van der Waals surface area contributed by atoms with Crippen molar-refractivity contribution in [2.75, 3.05) is 0 Å². The maximum Gasteiger partial charge on any atom is 0.270 e. The molecule has 0 aliphatic rings. The molecule has 2 amide bonds. The van der Waals surface area contributed by atoms with Gasteiger partial charge in [-0.15, -0.1) is 0 Å². The number of nitro benzene ring substituents is 1. The first kappa shape index (κ1) is 23.3. The van der Waals surface area contributed by atoms with Gasteiger partial charge >= 0.3 is 0 Å². The first-order valence-electron chi connectivity index (χ1n) is 9.87. The maximum atomic E-state index is 12.9. The summed E-state index contributed by atoms with van der Waals surface area (Å²) in [4.78, 5) is 35.3. The van der Waals surface area contributed by atoms with E-state index in [1.54, 1.807) is 6.07 Å². The highest BCUT2D eigenvalue weighted by molar-refractivity contribution is 7.80. The third-order valence-corrected chi connectivity index (χ3v) is 4.78. The molecule has 0 aromatic heterocycles. The molecule has 9 heteroatoms. The molecule has 0 fully saturated rings. The molecule has 0 spiro atoms. The lowest BCUT2D eigenvalue weighted by Gasteiger charge is -2.18. The largest absolute Gasteiger partial charge is 0.298 e. The van der Waals surface area contributed by atoms with Gasteiger partial charge in [0.15, 0.2) is 5.11 Å². The molecule has 0 aliphatic carbocycles. The molecule has 3 aromatic rings. The minimum Gasteiger partial charge on any atom is -0.298 e. The zero-order valence-electron chi connectivity index (χ0n) is 17.3. The third-order valence-electron chi connectivity index (χ3n) is 4.57. The Morgan fingerprint density at radius 2 is 1.48 bits per heavy atom. The van der Waals surface area contributed by atoms with Gasteiger partial charge in [0.2, 0.25) is 11.8 Å². The number of carbonyl (C=O) groups excluding carboxylic acids is 2. The number of hydrogen-bond donors (Lipinski definition) is 3. The lowest BCUT2D eigenvalue weighted by atomic mass is 9.91. The first-order valence-corrected chi connectivity index (χ1v) is 10.3. The van der Waals surface area contributed by atoms with Crippen LogP contribution in [0.5, 0.6) is 0 Å². The normalized spacial score (nSPS) is 10.6. The number of rotatable bonds is 6. The molecule has 3 aromatic carbocycles. The number of non-ortho nitro benzene ring substituents is 1. The highest BCUT2D eigenvalue weighted by Crippen LogP contribution is 2.24. The molecule has 0 unspecified atom stereocenters. The van der Waals surface area contributed by atoms with E-state index in [4.69, 9.17) is 12.2 Å². The number of hydrazine groups is 1. The summed E-state index contributed by atoms with van der Waals surface area (Å²) in [7, 11) is 0. The topological polar surface area (TPSA) is 113 Å². The van der Waals surface area contributed by atoms with Crippen LogP contribution in [0.4, 0.5) is 5.69 Å². The molecular formula is C24H20N4O4S. The summed E-state index contributed by atoms with van der Waals surface area (Å²) in [6.45, 7) is 0. The summed E-state index contributed by atoms with van der Waals surface area (Å²) in [6.07, 6.45) is 2.61. The molecule has 0 heterocycles. The fraction of sp³-hybridized carbons (Fsp3) is 0.0417. The van der Waals surface area contributed by atoms with Crippen LogP contribution in [-0.2, 0) is 9.59 Å². The van der Waals surface area contributed by atoms with E-state index in [2.05, 4.69) is 16.2 Å². The number of nitro groups is 1. The van der Waals surface area contributed by atoms with Crippen LogP contribution < -0.4 is 16.2 Å². The number of hydrogen-bond acceptors (Lipinski definition) is 5. The highest BCUT2D eigenvalue weighted by Gasteiger charge is 2.22. The van der Waals surface area contributed by atoms with Gasteiger partial charge < -0.3 is 0 Å². The molecule has 0 aliphatic heterocycles. The predicted molar refractivity (Wildman–Crippen MR) is 129 cm³/mol. The number of benzene rings is 3. The van der Waals surface area contributed by atoms with E-state index in [0.29, 0.717) is 5.56 Å². The van der Waals surface area contributed by atoms with Gasteiger partial charge in [0.05, 0.1) is 10.8 Å². The lowest BCUT2D eigenvalue weighted by Crippen LogP contribution is -2.49. The lowest BCUT2D eigenvalue weighted by molar-refractivity contribution is -0.384. The van der Waals surface area contributed by atoms with Crippen LogP contribution >= 0.6 is 12.2 Å². The zero-order chi connectivity index (χ0) is 23.6. The highest BCUT2D eigenvalue weighted by atomic mass is 32.1. The number of carbonyl (C=O) groups is 2. The molecule has 8 nitrogen and oxygen atoms in total. The molecule has 166 valence electrons. The monoisotopic (exact) mass is 460 g/mol. The van der Waals surface area contributed by atoms with Gasteiger partial charge in [0, 0.05) is 18.2 Å². The predicted octanol–water partition coefficient (Wildman–Crippen LogP) is 3.46. The van der Waals surface area contributed by atoms with Crippen molar-refractivity contribution in [3.8, 4) is 0 Å². The van der Waals surface area contributed by atoms with Crippen LogP contribution in [0.15, 0.2) is 91.0 Å². The Morgan fingerprint density at radius 3 is 2.06 bits per heavy atom. The van der Waals surface area contributed by atoms with E-state index < -0.39 is 16.7 Å². The smallest absolute Gasteiger partial charge is 0.270 e. The van der Waals surface area contributed by atoms with Crippen LogP contribution in [-0.4, -0.2) is 21.9 Å². The third kappa shape index (κ3) is 6.81. The van der Waals surface area contributed by atoms with Crippen molar-refractivity contribution in [2.45, 2.75) is 5.92 Å². The Labute approximate surface area is 195 Å². The Morgan fingerprint density at radius 1 is 0.879 bits per heavy atom. The van der Waals surface area contributed by atoms with E-state index in [1.807, 2.05) is 60.7 Å². The quantitative estimate of drug-likeness (QED) is 0.225. The number of nitrogens with zero attached hydrogens (tertiary/aromatic N) is 1. The number of amides is 2. The second-order valence-corrected chi connectivity index (χ2v) is 7.28. The summed E-state index contributed by atoms with van der Waals surface area (Å²) in [5.74, 6) is -1.49. The molecule has 33 heavy (non-hydrogen) atoms. The average molecular weight is 461 g/mol. The van der Waals surface area contributed by atoms with Gasteiger partial charge in [0.1, 0.15) is 0 Å². The van der Waals surface area contributed by atoms with Crippen LogP contribution in [0.25, 0.3) is 6.08 Å². The molecular weight excluding hydrogens is 440 g/mol. The molecule has 3 N–H and O–H groups in total. The summed E-state index contributed by atoms with van der Waals surface area (Å²) < 4.78 is 0. The standard InChI is InChI=1S/C24H20N4O4S/c29-21(15-14-17-8-7-13-20(16-17)28(31)32)25-24(33)27-26-23(30)22(18-9-3-1-4-10-18)19-11-5-2-6-12-19/h1-16,22H,(H,26,30)(H2,25,27,29,33)/b15-14+. The van der Waals surface area contributed by atoms with Crippen LogP contribution in [0.3, 0.4) is 0 Å². The van der Waals surface area contributed by atoms with E-state index in [1.165, 1.54) is 30.4 Å². The van der Waals surface area contributed by atoms with E-state index in [0.717, 1.165) is 11.1 Å². The maximum absolute atomic E-state index is 12.9. The van der Waals surface area contributed by atoms with Gasteiger partial charge in [0.25, 0.3) is 5.69 Å². The van der Waals surface area contributed by atoms with E-state index in [9.17, 15) is 19.7 Å². The second-order valence-electron chi connectivity index (χ2n) is 6.87. The molecule has 3 rings (SSSR count). The van der Waals surface area contributed by atoms with Crippen molar-refractivity contribution in [1.29, 1.82) is 0 Å². The van der Waals surface area contributed by atoms with Crippen LogP contribution in [0.1, 0.15) is 22.6 Å². The number of nitrogens with one attached hydrogen (secondary N) is 3. The van der Waals surface area contributed by atoms with Gasteiger partial charge in [-0.3, -0.25) is 35.9 Å². The van der Waals surface area contributed by atoms with Crippen molar-refractivity contribution >= 4 is 40.9 Å². The SMILES string of the molecule is O=C(/C=C/c1cccc([N+](=O)[O-])c1)NC(=S)NNC(=O)C(c1ccccc1)c1ccccc1. The molecule has 0 atom stereocenters. The fourth-order valence-corrected chi connectivity index (χ4v) is 3.23. The van der Waals surface area contributed by atoms with Crippen LogP contribution in [0, 0.1) is 10.1 Å². The Balaban J connectivity index is 1.59. The summed E-state index contributed by atoms with van der Waals surface area (Å²) >= 11 is 5.07. The molecule has 0 bridgehead atoms. The van der Waals surface area contributed by atoms with Gasteiger partial charge in [-0.2, -0.15) is 0 Å². The van der Waals surface area contributed by atoms with Crippen molar-refractivity contribution < 1.29 is 14.5 Å². The minimum atomic E-state index is -0.577. The fourth-order valence-electron chi connectivity index (χ4n) is 3.08. The average Bonchev–Trinajstić information content (AvgIpc) is 2.83. The van der Waals surface area contributed by atoms with Crippen molar-refractivity contribution in [3.05, 3.63) is 118 Å². The molecule has 0 saturated carbocycles. The van der Waals surface area contributed by atoms with Crippen LogP contribution in [0.2, 0.25) is 0 Å². The number of thiocarbonyl (C=S) groups is 1. The van der Waals surface area contributed by atoms with Gasteiger partial charge in [-0.25, -0.2) is 0 Å². The van der Waals surface area contributed by atoms with Gasteiger partial charge in [-0.1, -0.05) is 72.8 Å². The summed E-state index contributed by atoms with van der Waals surface area (Å²) in [5.41, 5.74) is 7.08. The van der Waals surface area contributed by atoms with Crippen molar-refractivity contribution in [2.24, 2.45) is 0 Å². The van der Waals surface area contributed by atoms with Gasteiger partial charge in [-0.05, 0) is 35.0 Å². The Bertz CT molecular complexity index is 1140. The first-order chi connectivity index (χ1) is 15.9. The van der Waals surface area contributed by atoms with Crippen molar-refractivity contribution in [3.63, 3.8) is 0 Å². The Hall–Kier alpha value is -4.37. The van der Waals surface area contributed by atoms with E-state index in [-0.39, 0.29) is 16.7 Å².